The molecular weight excluding hydrogens is 314 g/mol. The summed E-state index contributed by atoms with van der Waals surface area (Å²) in [6.07, 6.45) is -0.248. The largest absolute Gasteiger partial charge is 0.481 e. The van der Waals surface area contributed by atoms with Gasteiger partial charge in [-0.1, -0.05) is 42.0 Å². The average Bonchev–Trinajstić information content (AvgIpc) is 2.87. The zero-order chi connectivity index (χ0) is 16.6. The van der Waals surface area contributed by atoms with E-state index >= 15 is 0 Å². The maximum atomic E-state index is 12.9. The maximum absolute atomic E-state index is 12.9. The van der Waals surface area contributed by atoms with Crippen molar-refractivity contribution >= 4 is 16.0 Å². The number of fused-ring (bicyclic) bond motifs is 1. The minimum atomic E-state index is -3.75. The van der Waals surface area contributed by atoms with Crippen LogP contribution in [0, 0.1) is 6.92 Å². The molecule has 1 N–H and O–H groups in total. The summed E-state index contributed by atoms with van der Waals surface area (Å²) >= 11 is 0. The van der Waals surface area contributed by atoms with Gasteiger partial charge < -0.3 is 5.11 Å². The predicted octanol–water partition coefficient (Wildman–Crippen LogP) is 2.72. The molecule has 2 aromatic rings. The van der Waals surface area contributed by atoms with Crippen molar-refractivity contribution in [2.24, 2.45) is 0 Å². The summed E-state index contributed by atoms with van der Waals surface area (Å²) in [6.45, 7) is 2.08. The average molecular weight is 331 g/mol. The lowest BCUT2D eigenvalue weighted by Crippen LogP contribution is -2.31. The number of aryl methyl sites for hydroxylation is 1. The Morgan fingerprint density at radius 1 is 1.17 bits per heavy atom. The SMILES string of the molecule is Cc1ccc(S(=O)(=O)N2Cc3ccccc3C2CC(=O)O)cc1. The maximum Gasteiger partial charge on any atom is 0.305 e. The first kappa shape index (κ1) is 15.7. The van der Waals surface area contributed by atoms with Crippen LogP contribution in [0.25, 0.3) is 0 Å². The first-order valence-corrected chi connectivity index (χ1v) is 8.72. The third-order valence-electron chi connectivity index (χ3n) is 4.08. The Bertz CT molecular complexity index is 843. The molecule has 23 heavy (non-hydrogen) atoms. The quantitative estimate of drug-likeness (QED) is 0.935. The Balaban J connectivity index is 2.04. The van der Waals surface area contributed by atoms with Crippen LogP contribution in [0.3, 0.4) is 0 Å². The van der Waals surface area contributed by atoms with Crippen molar-refractivity contribution in [3.8, 4) is 0 Å². The summed E-state index contributed by atoms with van der Waals surface area (Å²) in [5.41, 5.74) is 2.59. The minimum Gasteiger partial charge on any atom is -0.481 e. The number of rotatable bonds is 4. The van der Waals surface area contributed by atoms with E-state index in [1.165, 1.54) is 4.31 Å². The van der Waals surface area contributed by atoms with Crippen LogP contribution < -0.4 is 0 Å². The molecule has 0 amide bonds. The zero-order valence-electron chi connectivity index (χ0n) is 12.6. The molecule has 1 atom stereocenters. The molecule has 0 aliphatic carbocycles. The molecule has 0 fully saturated rings. The van der Waals surface area contributed by atoms with E-state index in [-0.39, 0.29) is 17.9 Å². The smallest absolute Gasteiger partial charge is 0.305 e. The molecule has 120 valence electrons. The van der Waals surface area contributed by atoms with E-state index in [0.29, 0.717) is 0 Å². The number of carboxylic acids is 1. The number of hydrogen-bond donors (Lipinski definition) is 1. The summed E-state index contributed by atoms with van der Waals surface area (Å²) < 4.78 is 27.2. The summed E-state index contributed by atoms with van der Waals surface area (Å²) in [5, 5.41) is 9.17. The third-order valence-corrected chi connectivity index (χ3v) is 5.95. The number of nitrogens with zero attached hydrogens (tertiary/aromatic N) is 1. The summed E-state index contributed by atoms with van der Waals surface area (Å²) in [5.74, 6) is -1.02. The summed E-state index contributed by atoms with van der Waals surface area (Å²) in [6, 6.07) is 13.2. The standard InChI is InChI=1S/C17H17NO4S/c1-12-6-8-14(9-7-12)23(21,22)18-11-13-4-2-3-5-15(13)16(18)10-17(19)20/h2-9,16H,10-11H2,1H3,(H,19,20). The molecule has 3 rings (SSSR count). The van der Waals surface area contributed by atoms with Crippen molar-refractivity contribution in [3.63, 3.8) is 0 Å². The van der Waals surface area contributed by atoms with Crippen molar-refractivity contribution in [2.45, 2.75) is 30.8 Å². The lowest BCUT2D eigenvalue weighted by Gasteiger charge is -2.23. The number of sulfonamides is 1. The Morgan fingerprint density at radius 2 is 1.83 bits per heavy atom. The van der Waals surface area contributed by atoms with E-state index in [9.17, 15) is 13.2 Å². The van der Waals surface area contributed by atoms with Crippen molar-refractivity contribution in [1.82, 2.24) is 4.31 Å². The second-order valence-corrected chi connectivity index (χ2v) is 7.57. The number of benzene rings is 2. The Morgan fingerprint density at radius 3 is 2.48 bits per heavy atom. The molecule has 0 saturated carbocycles. The highest BCUT2D eigenvalue weighted by Crippen LogP contribution is 2.39. The van der Waals surface area contributed by atoms with Crippen molar-refractivity contribution in [3.05, 3.63) is 65.2 Å². The first-order chi connectivity index (χ1) is 10.9. The zero-order valence-corrected chi connectivity index (χ0v) is 13.5. The van der Waals surface area contributed by atoms with E-state index in [1.54, 1.807) is 36.4 Å². The second-order valence-electron chi connectivity index (χ2n) is 5.68. The monoisotopic (exact) mass is 331 g/mol. The molecule has 1 unspecified atom stereocenters. The highest BCUT2D eigenvalue weighted by Gasteiger charge is 2.39. The van der Waals surface area contributed by atoms with E-state index in [1.807, 2.05) is 19.1 Å². The van der Waals surface area contributed by atoms with Gasteiger partial charge in [0.2, 0.25) is 10.0 Å². The van der Waals surface area contributed by atoms with Gasteiger partial charge in [0.15, 0.2) is 0 Å². The van der Waals surface area contributed by atoms with Gasteiger partial charge in [-0.15, -0.1) is 0 Å². The van der Waals surface area contributed by atoms with Gasteiger partial charge in [0.1, 0.15) is 0 Å². The van der Waals surface area contributed by atoms with Gasteiger partial charge in [0.25, 0.3) is 0 Å². The Kier molecular flexibility index (Phi) is 3.95. The fraction of sp³-hybridized carbons (Fsp3) is 0.235. The van der Waals surface area contributed by atoms with Crippen molar-refractivity contribution in [1.29, 1.82) is 0 Å². The van der Waals surface area contributed by atoms with E-state index in [0.717, 1.165) is 16.7 Å². The predicted molar refractivity (Wildman–Crippen MR) is 85.3 cm³/mol. The van der Waals surface area contributed by atoms with Gasteiger partial charge in [0.05, 0.1) is 17.4 Å². The highest BCUT2D eigenvalue weighted by atomic mass is 32.2. The van der Waals surface area contributed by atoms with Crippen LogP contribution in [0.1, 0.15) is 29.2 Å². The molecule has 2 aromatic carbocycles. The molecule has 5 nitrogen and oxygen atoms in total. The number of carboxylic acid groups (broad SMARTS) is 1. The van der Waals surface area contributed by atoms with E-state index in [2.05, 4.69) is 0 Å². The number of hydrogen-bond acceptors (Lipinski definition) is 3. The van der Waals surface area contributed by atoms with Crippen LogP contribution in [0.4, 0.5) is 0 Å². The van der Waals surface area contributed by atoms with Crippen LogP contribution in [0.2, 0.25) is 0 Å². The topological polar surface area (TPSA) is 74.7 Å². The van der Waals surface area contributed by atoms with Crippen molar-refractivity contribution < 1.29 is 18.3 Å². The van der Waals surface area contributed by atoms with Crippen molar-refractivity contribution in [2.75, 3.05) is 0 Å². The third kappa shape index (κ3) is 2.87. The van der Waals surface area contributed by atoms with Crippen LogP contribution in [-0.2, 0) is 21.4 Å². The molecule has 0 radical (unpaired) electrons. The van der Waals surface area contributed by atoms with Gasteiger partial charge in [-0.3, -0.25) is 4.79 Å². The van der Waals surface area contributed by atoms with Crippen LogP contribution in [0.5, 0.6) is 0 Å². The van der Waals surface area contributed by atoms with Crippen LogP contribution in [-0.4, -0.2) is 23.8 Å². The molecule has 6 heteroatoms. The fourth-order valence-electron chi connectivity index (χ4n) is 2.91. The fourth-order valence-corrected chi connectivity index (χ4v) is 4.49. The molecule has 0 saturated heterocycles. The van der Waals surface area contributed by atoms with Gasteiger partial charge >= 0.3 is 5.97 Å². The molecule has 0 bridgehead atoms. The van der Waals surface area contributed by atoms with Gasteiger partial charge in [-0.2, -0.15) is 4.31 Å². The molecule has 1 heterocycles. The van der Waals surface area contributed by atoms with Gasteiger partial charge in [0, 0.05) is 6.54 Å². The van der Waals surface area contributed by atoms with Gasteiger partial charge in [-0.05, 0) is 30.2 Å². The second kappa shape index (κ2) is 5.79. The Hall–Kier alpha value is -2.18. The lowest BCUT2D eigenvalue weighted by atomic mass is 10.0. The number of carbonyl (C=O) groups is 1. The summed E-state index contributed by atoms with van der Waals surface area (Å²) in [7, 11) is -3.75. The van der Waals surface area contributed by atoms with E-state index < -0.39 is 22.0 Å². The molecule has 1 aliphatic rings. The summed E-state index contributed by atoms with van der Waals surface area (Å²) in [4.78, 5) is 11.4. The highest BCUT2D eigenvalue weighted by molar-refractivity contribution is 7.89. The normalized spacial score (nSPS) is 17.9. The molecule has 0 spiro atoms. The van der Waals surface area contributed by atoms with Crippen LogP contribution >= 0.6 is 0 Å². The Labute approximate surface area is 135 Å². The van der Waals surface area contributed by atoms with E-state index in [4.69, 9.17) is 5.11 Å². The molecular formula is C17H17NO4S. The van der Waals surface area contributed by atoms with Crippen LogP contribution in [0.15, 0.2) is 53.4 Å². The number of aliphatic carboxylic acids is 1. The lowest BCUT2D eigenvalue weighted by molar-refractivity contribution is -0.138. The molecule has 1 aliphatic heterocycles. The first-order valence-electron chi connectivity index (χ1n) is 7.27. The molecule has 0 aromatic heterocycles. The van der Waals surface area contributed by atoms with Gasteiger partial charge in [-0.25, -0.2) is 8.42 Å². The minimum absolute atomic E-state index is 0.186.